The third-order valence-electron chi connectivity index (χ3n) is 4.77. The summed E-state index contributed by atoms with van der Waals surface area (Å²) in [5.41, 5.74) is 0. The number of nitriles is 1. The Bertz CT molecular complexity index is 265. The second kappa shape index (κ2) is 7.79. The van der Waals surface area contributed by atoms with Crippen molar-refractivity contribution in [3.05, 3.63) is 0 Å². The fourth-order valence-electron chi connectivity index (χ4n) is 3.28. The summed E-state index contributed by atoms with van der Waals surface area (Å²) < 4.78 is 0. The summed E-state index contributed by atoms with van der Waals surface area (Å²) in [4.78, 5) is 2.58. The summed E-state index contributed by atoms with van der Waals surface area (Å²) in [5, 5.41) is 9.36. The maximum atomic E-state index is 9.36. The van der Waals surface area contributed by atoms with Crippen molar-refractivity contribution in [3.8, 4) is 6.07 Å². The van der Waals surface area contributed by atoms with Gasteiger partial charge in [-0.05, 0) is 37.6 Å². The van der Waals surface area contributed by atoms with Gasteiger partial charge in [0, 0.05) is 12.6 Å². The van der Waals surface area contributed by atoms with Crippen molar-refractivity contribution in [1.29, 1.82) is 5.26 Å². The van der Waals surface area contributed by atoms with E-state index in [1.54, 1.807) is 0 Å². The van der Waals surface area contributed by atoms with Gasteiger partial charge in [0.1, 0.15) is 0 Å². The van der Waals surface area contributed by atoms with Crippen LogP contribution in [0.5, 0.6) is 0 Å². The van der Waals surface area contributed by atoms with Gasteiger partial charge in [-0.25, -0.2) is 0 Å². The van der Waals surface area contributed by atoms with Crippen molar-refractivity contribution in [3.63, 3.8) is 0 Å². The molecule has 0 bridgehead atoms. The van der Waals surface area contributed by atoms with Crippen LogP contribution >= 0.6 is 0 Å². The highest BCUT2D eigenvalue weighted by Gasteiger charge is 2.32. The molecular weight excluding hydrogens is 220 g/mol. The molecule has 0 aliphatic heterocycles. The van der Waals surface area contributed by atoms with E-state index >= 15 is 0 Å². The molecule has 104 valence electrons. The van der Waals surface area contributed by atoms with Crippen molar-refractivity contribution >= 4 is 0 Å². The topological polar surface area (TPSA) is 27.0 Å². The second-order valence-electron chi connectivity index (χ2n) is 5.99. The summed E-state index contributed by atoms with van der Waals surface area (Å²) in [7, 11) is 0. The molecule has 1 rings (SSSR count). The highest BCUT2D eigenvalue weighted by molar-refractivity contribution is 4.97. The average Bonchev–Trinajstić information content (AvgIpc) is 2.40. The van der Waals surface area contributed by atoms with Crippen LogP contribution in [0.2, 0.25) is 0 Å². The number of rotatable bonds is 6. The molecule has 0 aromatic heterocycles. The van der Waals surface area contributed by atoms with Gasteiger partial charge in [0.25, 0.3) is 0 Å². The van der Waals surface area contributed by atoms with Gasteiger partial charge in [0.05, 0.1) is 12.0 Å². The maximum Gasteiger partial charge on any atom is 0.0672 e. The molecule has 1 aliphatic rings. The van der Waals surface area contributed by atoms with Gasteiger partial charge >= 0.3 is 0 Å². The van der Waals surface area contributed by atoms with Gasteiger partial charge in [0.15, 0.2) is 0 Å². The Balaban J connectivity index is 2.68. The Morgan fingerprint density at radius 1 is 1.22 bits per heavy atom. The lowest BCUT2D eigenvalue weighted by molar-refractivity contribution is 0.0925. The van der Waals surface area contributed by atoms with Crippen LogP contribution < -0.4 is 0 Å². The molecule has 1 saturated carbocycles. The highest BCUT2D eigenvalue weighted by Crippen LogP contribution is 2.32. The number of hydrogen-bond donors (Lipinski definition) is 0. The number of hydrogen-bond acceptors (Lipinski definition) is 2. The molecule has 0 aromatic carbocycles. The van der Waals surface area contributed by atoms with Gasteiger partial charge in [-0.15, -0.1) is 0 Å². The van der Waals surface area contributed by atoms with E-state index in [0.29, 0.717) is 6.04 Å². The predicted octanol–water partition coefficient (Wildman–Crippen LogP) is 4.07. The van der Waals surface area contributed by atoms with E-state index in [4.69, 9.17) is 0 Å². The zero-order valence-corrected chi connectivity index (χ0v) is 12.7. The third-order valence-corrected chi connectivity index (χ3v) is 4.77. The predicted molar refractivity (Wildman–Crippen MR) is 77.2 cm³/mol. The fraction of sp³-hybridized carbons (Fsp3) is 0.938. The van der Waals surface area contributed by atoms with E-state index in [-0.39, 0.29) is 5.92 Å². The summed E-state index contributed by atoms with van der Waals surface area (Å²) in [6, 6.07) is 3.06. The fourth-order valence-corrected chi connectivity index (χ4v) is 3.28. The van der Waals surface area contributed by atoms with Crippen LogP contribution in [0.1, 0.15) is 59.8 Å². The van der Waals surface area contributed by atoms with Crippen LogP contribution in [0.25, 0.3) is 0 Å². The molecule has 18 heavy (non-hydrogen) atoms. The molecule has 3 unspecified atom stereocenters. The Morgan fingerprint density at radius 2 is 1.89 bits per heavy atom. The lowest BCUT2D eigenvalue weighted by Crippen LogP contribution is -2.45. The van der Waals surface area contributed by atoms with Crippen LogP contribution in [-0.4, -0.2) is 24.0 Å². The van der Waals surface area contributed by atoms with Gasteiger partial charge in [0.2, 0.25) is 0 Å². The molecule has 0 radical (unpaired) electrons. The van der Waals surface area contributed by atoms with E-state index in [2.05, 4.69) is 38.7 Å². The first kappa shape index (κ1) is 15.5. The summed E-state index contributed by atoms with van der Waals surface area (Å²) in [6.45, 7) is 11.4. The molecule has 0 saturated heterocycles. The third kappa shape index (κ3) is 3.99. The van der Waals surface area contributed by atoms with Crippen molar-refractivity contribution in [2.24, 2.45) is 17.8 Å². The first-order valence-corrected chi connectivity index (χ1v) is 7.79. The summed E-state index contributed by atoms with van der Waals surface area (Å²) in [6.07, 6.45) is 6.06. The first-order chi connectivity index (χ1) is 8.65. The van der Waals surface area contributed by atoms with E-state index in [0.717, 1.165) is 24.8 Å². The van der Waals surface area contributed by atoms with Crippen LogP contribution in [-0.2, 0) is 0 Å². The molecule has 1 fully saturated rings. The quantitative estimate of drug-likeness (QED) is 0.710. The van der Waals surface area contributed by atoms with E-state index in [1.165, 1.54) is 32.2 Å². The van der Waals surface area contributed by atoms with Crippen LogP contribution in [0.15, 0.2) is 0 Å². The van der Waals surface area contributed by atoms with Crippen molar-refractivity contribution in [2.75, 3.05) is 13.1 Å². The maximum absolute atomic E-state index is 9.36. The molecule has 2 nitrogen and oxygen atoms in total. The zero-order chi connectivity index (χ0) is 13.5. The molecule has 0 N–H and O–H groups in total. The van der Waals surface area contributed by atoms with E-state index in [9.17, 15) is 5.26 Å². The first-order valence-electron chi connectivity index (χ1n) is 7.79. The Morgan fingerprint density at radius 3 is 2.39 bits per heavy atom. The second-order valence-corrected chi connectivity index (χ2v) is 5.99. The Hall–Kier alpha value is -0.550. The standard InChI is InChI=1S/C16H30N2/c1-5-14(6-2)12-18(7-3)16-10-13(4)8-9-15(16)11-17/h13-16H,5-10,12H2,1-4H3. The SMILES string of the molecule is CCC(CC)CN(CC)C1CC(C)CCC1C#N. The largest absolute Gasteiger partial charge is 0.299 e. The van der Waals surface area contributed by atoms with Crippen LogP contribution in [0.3, 0.4) is 0 Å². The average molecular weight is 250 g/mol. The minimum absolute atomic E-state index is 0.260. The van der Waals surface area contributed by atoms with Gasteiger partial charge < -0.3 is 0 Å². The molecule has 2 heteroatoms. The highest BCUT2D eigenvalue weighted by atomic mass is 15.2. The van der Waals surface area contributed by atoms with E-state index < -0.39 is 0 Å². The molecule has 3 atom stereocenters. The lowest BCUT2D eigenvalue weighted by atomic mass is 9.78. The molecule has 0 amide bonds. The Labute approximate surface area is 113 Å². The van der Waals surface area contributed by atoms with Gasteiger partial charge in [-0.3, -0.25) is 4.90 Å². The minimum Gasteiger partial charge on any atom is -0.299 e. The number of nitrogens with zero attached hydrogens (tertiary/aromatic N) is 2. The normalized spacial score (nSPS) is 28.6. The van der Waals surface area contributed by atoms with Gasteiger partial charge in [-0.1, -0.05) is 40.5 Å². The minimum atomic E-state index is 0.260. The summed E-state index contributed by atoms with van der Waals surface area (Å²) >= 11 is 0. The molecule has 1 aliphatic carbocycles. The lowest BCUT2D eigenvalue weighted by Gasteiger charge is -2.40. The van der Waals surface area contributed by atoms with Crippen molar-refractivity contribution in [2.45, 2.75) is 65.8 Å². The van der Waals surface area contributed by atoms with Crippen molar-refractivity contribution < 1.29 is 0 Å². The summed E-state index contributed by atoms with van der Waals surface area (Å²) in [5.74, 6) is 1.84. The molecule has 0 aromatic rings. The van der Waals surface area contributed by atoms with Crippen LogP contribution in [0.4, 0.5) is 0 Å². The Kier molecular flexibility index (Phi) is 6.71. The zero-order valence-electron chi connectivity index (χ0n) is 12.7. The smallest absolute Gasteiger partial charge is 0.0672 e. The van der Waals surface area contributed by atoms with Crippen LogP contribution in [0, 0.1) is 29.1 Å². The van der Waals surface area contributed by atoms with E-state index in [1.807, 2.05) is 0 Å². The molecule has 0 spiro atoms. The monoisotopic (exact) mass is 250 g/mol. The molecule has 0 heterocycles. The van der Waals surface area contributed by atoms with Gasteiger partial charge in [-0.2, -0.15) is 5.26 Å². The molecular formula is C16H30N2. The van der Waals surface area contributed by atoms with Crippen molar-refractivity contribution in [1.82, 2.24) is 4.90 Å².